The highest BCUT2D eigenvalue weighted by Crippen LogP contribution is 2.30. The Balaban J connectivity index is 1.44. The maximum absolute atomic E-state index is 12.6. The highest BCUT2D eigenvalue weighted by molar-refractivity contribution is 6.21. The van der Waals surface area contributed by atoms with Crippen LogP contribution in [0.5, 0.6) is 5.75 Å². The summed E-state index contributed by atoms with van der Waals surface area (Å²) in [7, 11) is 0. The van der Waals surface area contributed by atoms with Gasteiger partial charge in [0.15, 0.2) is 0 Å². The number of benzene rings is 1. The van der Waals surface area contributed by atoms with E-state index >= 15 is 0 Å². The lowest BCUT2D eigenvalue weighted by atomic mass is 9.95. The van der Waals surface area contributed by atoms with E-state index in [1.54, 1.807) is 30.1 Å². The molecule has 1 aliphatic carbocycles. The number of hydrogen-bond donors (Lipinski definition) is 2. The Hall–Kier alpha value is -3.99. The van der Waals surface area contributed by atoms with Crippen molar-refractivity contribution in [2.75, 3.05) is 13.2 Å². The Bertz CT molecular complexity index is 1070. The summed E-state index contributed by atoms with van der Waals surface area (Å²) in [6, 6.07) is 6.50. The van der Waals surface area contributed by atoms with Gasteiger partial charge in [0.2, 0.25) is 0 Å². The summed E-state index contributed by atoms with van der Waals surface area (Å²) in [5, 5.41) is 8.29. The molecule has 2 aliphatic rings. The van der Waals surface area contributed by atoms with Crippen molar-refractivity contribution in [3.8, 4) is 11.4 Å². The third-order valence-corrected chi connectivity index (χ3v) is 5.14. The molecule has 11 heteroatoms. The monoisotopic (exact) mass is 453 g/mol. The van der Waals surface area contributed by atoms with Crippen LogP contribution in [0.4, 0.5) is 4.79 Å². The number of rotatable bonds is 9. The molecule has 33 heavy (non-hydrogen) atoms. The van der Waals surface area contributed by atoms with E-state index in [-0.39, 0.29) is 13.0 Å². The average Bonchev–Trinajstić information content (AvgIpc) is 3.34. The molecule has 0 atom stereocenters. The van der Waals surface area contributed by atoms with Crippen LogP contribution in [-0.4, -0.2) is 51.4 Å². The molecular weight excluding hydrogens is 430 g/mol. The summed E-state index contributed by atoms with van der Waals surface area (Å²) in [5.41, 5.74) is -1.02. The maximum atomic E-state index is 12.6. The quantitative estimate of drug-likeness (QED) is 0.433. The Morgan fingerprint density at radius 2 is 1.73 bits per heavy atom. The fourth-order valence-electron chi connectivity index (χ4n) is 3.43. The van der Waals surface area contributed by atoms with Crippen LogP contribution >= 0.6 is 0 Å². The molecule has 1 saturated heterocycles. The van der Waals surface area contributed by atoms with Gasteiger partial charge in [-0.15, -0.1) is 0 Å². The fourth-order valence-corrected chi connectivity index (χ4v) is 3.43. The first kappa shape index (κ1) is 22.2. The van der Waals surface area contributed by atoms with Crippen LogP contribution in [0.15, 0.2) is 60.6 Å². The number of nitrogens with one attached hydrogen (secondary N) is 2. The number of nitrogens with zero attached hydrogens (tertiary/aromatic N) is 3. The largest absolute Gasteiger partial charge is 0.472 e. The van der Waals surface area contributed by atoms with Crippen molar-refractivity contribution in [1.29, 1.82) is 0 Å². The first-order chi connectivity index (χ1) is 16.0. The van der Waals surface area contributed by atoms with Crippen LogP contribution in [0.2, 0.25) is 0 Å². The topological polar surface area (TPSA) is 134 Å². The van der Waals surface area contributed by atoms with Crippen molar-refractivity contribution in [2.45, 2.75) is 31.8 Å². The number of carbonyl (C=O) groups is 3. The molecule has 2 N–H and O–H groups in total. The predicted molar refractivity (Wildman–Crippen MR) is 114 cm³/mol. The van der Waals surface area contributed by atoms with Crippen LogP contribution in [0.1, 0.15) is 26.2 Å². The molecule has 2 heterocycles. The standard InChI is InChI=1S/C22H23N5O6/c1-2-31-12-11-22(19(28)25-21(30)26-20(22)29)33-18-9-7-17(8-10-18)32-16-5-3-15(4-6-16)27-14-23-13-24-27/h3-7,9,13-14H,2,8,10-12H2,1H3,(H2,25,26,28,29,30). The lowest BCUT2D eigenvalue weighted by Gasteiger charge is -2.35. The SMILES string of the molecule is CCOCCC1(OC2=CC=C(Oc3ccc(-n4cncn4)cc3)CC2)C(=O)NC(=O)NC1=O. The number of ether oxygens (including phenoxy) is 3. The number of hydrogen-bond acceptors (Lipinski definition) is 8. The van der Waals surface area contributed by atoms with Gasteiger partial charge in [0.05, 0.1) is 18.1 Å². The van der Waals surface area contributed by atoms with E-state index < -0.39 is 23.4 Å². The Labute approximate surface area is 189 Å². The Morgan fingerprint density at radius 3 is 2.33 bits per heavy atom. The number of aromatic nitrogens is 3. The normalized spacial score (nSPS) is 17.5. The number of urea groups is 1. The zero-order valence-corrected chi connectivity index (χ0v) is 17.9. The van der Waals surface area contributed by atoms with E-state index in [1.165, 1.54) is 6.33 Å². The van der Waals surface area contributed by atoms with E-state index in [0.717, 1.165) is 5.69 Å². The second kappa shape index (κ2) is 9.65. The van der Waals surface area contributed by atoms with Crippen molar-refractivity contribution >= 4 is 17.8 Å². The Kier molecular flexibility index (Phi) is 6.50. The molecule has 11 nitrogen and oxygen atoms in total. The zero-order chi connectivity index (χ0) is 23.3. The number of imide groups is 2. The van der Waals surface area contributed by atoms with Gasteiger partial charge in [-0.1, -0.05) is 0 Å². The molecule has 0 radical (unpaired) electrons. The number of barbiturate groups is 1. The van der Waals surface area contributed by atoms with Crippen LogP contribution in [0.25, 0.3) is 5.69 Å². The number of carbonyl (C=O) groups excluding carboxylic acids is 3. The second-order valence-electron chi connectivity index (χ2n) is 7.32. The third-order valence-electron chi connectivity index (χ3n) is 5.14. The molecular formula is C22H23N5O6. The maximum Gasteiger partial charge on any atom is 0.328 e. The molecule has 0 bridgehead atoms. The molecule has 1 aliphatic heterocycles. The lowest BCUT2D eigenvalue weighted by molar-refractivity contribution is -0.159. The van der Waals surface area contributed by atoms with E-state index in [2.05, 4.69) is 20.7 Å². The van der Waals surface area contributed by atoms with Gasteiger partial charge in [-0.3, -0.25) is 20.2 Å². The van der Waals surface area contributed by atoms with E-state index in [4.69, 9.17) is 14.2 Å². The van der Waals surface area contributed by atoms with Gasteiger partial charge in [0.25, 0.3) is 17.4 Å². The minimum atomic E-state index is -1.88. The first-order valence-corrected chi connectivity index (χ1v) is 10.5. The van der Waals surface area contributed by atoms with Crippen LogP contribution in [-0.2, 0) is 19.1 Å². The van der Waals surface area contributed by atoms with E-state index in [1.807, 2.05) is 24.3 Å². The highest BCUT2D eigenvalue weighted by Gasteiger charge is 2.53. The molecule has 0 spiro atoms. The summed E-state index contributed by atoms with van der Waals surface area (Å²) >= 11 is 0. The van der Waals surface area contributed by atoms with Gasteiger partial charge in [0, 0.05) is 25.9 Å². The zero-order valence-electron chi connectivity index (χ0n) is 17.9. The van der Waals surface area contributed by atoms with E-state index in [0.29, 0.717) is 36.7 Å². The molecule has 1 fully saturated rings. The van der Waals surface area contributed by atoms with Crippen LogP contribution in [0.3, 0.4) is 0 Å². The van der Waals surface area contributed by atoms with E-state index in [9.17, 15) is 14.4 Å². The van der Waals surface area contributed by atoms with Gasteiger partial charge in [0.1, 0.15) is 24.2 Å². The van der Waals surface area contributed by atoms with Gasteiger partial charge in [-0.2, -0.15) is 5.10 Å². The molecule has 1 aromatic heterocycles. The van der Waals surface area contributed by atoms with Gasteiger partial charge in [-0.05, 0) is 43.3 Å². The molecule has 4 rings (SSSR count). The van der Waals surface area contributed by atoms with Crippen molar-refractivity contribution in [2.24, 2.45) is 0 Å². The van der Waals surface area contributed by atoms with Crippen LogP contribution in [0, 0.1) is 0 Å². The minimum Gasteiger partial charge on any atom is -0.472 e. The number of allylic oxidation sites excluding steroid dienone is 4. The minimum absolute atomic E-state index is 0.0334. The lowest BCUT2D eigenvalue weighted by Crippen LogP contribution is -2.68. The van der Waals surface area contributed by atoms with Crippen molar-refractivity contribution in [3.05, 3.63) is 60.6 Å². The van der Waals surface area contributed by atoms with Crippen LogP contribution < -0.4 is 15.4 Å². The molecule has 1 aromatic carbocycles. The second-order valence-corrected chi connectivity index (χ2v) is 7.32. The number of amides is 4. The van der Waals surface area contributed by atoms with Crippen molar-refractivity contribution in [1.82, 2.24) is 25.4 Å². The summed E-state index contributed by atoms with van der Waals surface area (Å²) in [6.07, 6.45) is 7.33. The van der Waals surface area contributed by atoms with Gasteiger partial charge >= 0.3 is 6.03 Å². The summed E-state index contributed by atoms with van der Waals surface area (Å²) in [5.74, 6) is 0.165. The average molecular weight is 453 g/mol. The van der Waals surface area contributed by atoms with Gasteiger partial charge < -0.3 is 14.2 Å². The van der Waals surface area contributed by atoms with Crippen molar-refractivity contribution < 1.29 is 28.6 Å². The smallest absolute Gasteiger partial charge is 0.328 e. The van der Waals surface area contributed by atoms with Gasteiger partial charge in [-0.25, -0.2) is 14.5 Å². The molecule has 2 aromatic rings. The first-order valence-electron chi connectivity index (χ1n) is 10.5. The molecule has 172 valence electrons. The summed E-state index contributed by atoms with van der Waals surface area (Å²) in [4.78, 5) is 40.6. The Morgan fingerprint density at radius 1 is 1.03 bits per heavy atom. The molecule has 4 amide bonds. The van der Waals surface area contributed by atoms with Crippen molar-refractivity contribution in [3.63, 3.8) is 0 Å². The molecule has 0 saturated carbocycles. The summed E-state index contributed by atoms with van der Waals surface area (Å²) in [6.45, 7) is 2.34. The third kappa shape index (κ3) is 4.93. The summed E-state index contributed by atoms with van der Waals surface area (Å²) < 4.78 is 18.7. The predicted octanol–water partition coefficient (Wildman–Crippen LogP) is 1.76. The highest BCUT2D eigenvalue weighted by atomic mass is 16.5. The molecule has 0 unspecified atom stereocenters. The fraction of sp³-hybridized carbons (Fsp3) is 0.318.